The molecular formula is C8H20O20Ti. The van der Waals surface area contributed by atoms with Gasteiger partial charge in [-0.1, -0.05) is 0 Å². The molecule has 0 aliphatic heterocycles. The van der Waals surface area contributed by atoms with Gasteiger partial charge in [0.2, 0.25) is 0 Å². The van der Waals surface area contributed by atoms with Gasteiger partial charge in [0.15, 0.2) is 0 Å². The van der Waals surface area contributed by atoms with Gasteiger partial charge in [-0.05, 0) is 0 Å². The predicted molar refractivity (Wildman–Crippen MR) is 65.9 cm³/mol. The van der Waals surface area contributed by atoms with Crippen molar-refractivity contribution in [2.24, 2.45) is 0 Å². The number of aliphatic hydroxyl groups excluding tert-OH is 4. The molecule has 0 radical (unpaired) electrons. The topological polar surface area (TPSA) is 361 Å². The Bertz CT molecular complexity index is 419. The predicted octanol–water partition coefficient (Wildman–Crippen LogP) is -10.3. The molecule has 0 aliphatic rings. The van der Waals surface area contributed by atoms with Crippen molar-refractivity contribution in [1.82, 2.24) is 0 Å². The Labute approximate surface area is 162 Å². The van der Waals surface area contributed by atoms with Crippen LogP contribution in [0, 0.1) is 0 Å². The first-order valence-corrected chi connectivity index (χ1v) is 9.19. The molecule has 0 saturated heterocycles. The molecule has 0 amide bonds. The van der Waals surface area contributed by atoms with Crippen LogP contribution in [0.25, 0.3) is 0 Å². The molecular weight excluding hydrogens is 464 g/mol. The maximum absolute atomic E-state index is 9.31. The number of hydrogen-bond donors (Lipinski definition) is 16. The van der Waals surface area contributed by atoms with Crippen LogP contribution in [0.3, 0.4) is 0 Å². The minimum atomic E-state index is -7.55. The van der Waals surface area contributed by atoms with Crippen molar-refractivity contribution in [3.8, 4) is 0 Å². The van der Waals surface area contributed by atoms with Gasteiger partial charge < -0.3 is 0 Å². The molecule has 29 heavy (non-hydrogen) atoms. The van der Waals surface area contributed by atoms with E-state index in [4.69, 9.17) is 40.9 Å². The molecule has 0 spiro atoms. The van der Waals surface area contributed by atoms with Gasteiger partial charge in [0.1, 0.15) is 0 Å². The first-order chi connectivity index (χ1) is 12.6. The molecule has 0 saturated carbocycles. The van der Waals surface area contributed by atoms with Gasteiger partial charge >= 0.3 is 162 Å². The third-order valence-electron chi connectivity index (χ3n) is 2.45. The van der Waals surface area contributed by atoms with Crippen LogP contribution in [-0.4, -0.2) is 131 Å². The molecule has 0 aromatic carbocycles. The standard InChI is InChI=1S/4C2H5O5.Ti/c4*3-1(4)2(5,6)7;/h4*1,3-6H;/q4*-1;+4. The van der Waals surface area contributed by atoms with Crippen molar-refractivity contribution in [3.63, 3.8) is 0 Å². The van der Waals surface area contributed by atoms with E-state index in [2.05, 4.69) is 13.3 Å². The molecule has 0 unspecified atom stereocenters. The average molecular weight is 484 g/mol. The van der Waals surface area contributed by atoms with Crippen molar-refractivity contribution in [1.29, 1.82) is 0 Å². The summed E-state index contributed by atoms with van der Waals surface area (Å²) >= 11 is -7.55. The Morgan fingerprint density at radius 2 is 0.517 bits per heavy atom. The molecule has 20 nitrogen and oxygen atoms in total. The molecule has 0 heterocycles. The van der Waals surface area contributed by atoms with E-state index in [0.717, 1.165) is 0 Å². The van der Waals surface area contributed by atoms with Gasteiger partial charge in [0, 0.05) is 0 Å². The van der Waals surface area contributed by atoms with Crippen LogP contribution in [0.1, 0.15) is 0 Å². The van der Waals surface area contributed by atoms with Crippen LogP contribution in [-0.2, 0) is 31.4 Å². The van der Waals surface area contributed by atoms with Crippen LogP contribution < -0.4 is 0 Å². The zero-order valence-electron chi connectivity index (χ0n) is 13.6. The van der Waals surface area contributed by atoms with Gasteiger partial charge in [0.05, 0.1) is 0 Å². The van der Waals surface area contributed by atoms with Crippen molar-refractivity contribution in [2.45, 2.75) is 49.1 Å². The molecule has 21 heteroatoms. The molecule has 0 atom stereocenters. The summed E-state index contributed by atoms with van der Waals surface area (Å²) in [6.07, 6.45) is -13.9. The van der Waals surface area contributed by atoms with E-state index in [0.29, 0.717) is 0 Å². The quantitative estimate of drug-likeness (QED) is 0.0902. The van der Waals surface area contributed by atoms with Crippen LogP contribution in [0.2, 0.25) is 0 Å². The fraction of sp³-hybridized carbons (Fsp3) is 1.00. The van der Waals surface area contributed by atoms with Crippen molar-refractivity contribution >= 4 is 0 Å². The summed E-state index contributed by atoms with van der Waals surface area (Å²) in [5.74, 6) is -17.9. The molecule has 0 aliphatic carbocycles. The molecule has 0 bridgehead atoms. The van der Waals surface area contributed by atoms with E-state index in [9.17, 15) is 40.9 Å². The fourth-order valence-electron chi connectivity index (χ4n) is 1.07. The molecule has 176 valence electrons. The molecule has 0 aromatic heterocycles. The third-order valence-corrected chi connectivity index (χ3v) is 5.88. The molecule has 0 rings (SSSR count). The maximum atomic E-state index is 9.31. The summed E-state index contributed by atoms with van der Waals surface area (Å²) in [4.78, 5) is 0. The van der Waals surface area contributed by atoms with Gasteiger partial charge in [0.25, 0.3) is 0 Å². The monoisotopic (exact) mass is 484 g/mol. The van der Waals surface area contributed by atoms with Gasteiger partial charge in [-0.3, -0.25) is 0 Å². The Kier molecular flexibility index (Phi) is 9.56. The first-order valence-electron chi connectivity index (χ1n) is 6.64. The van der Waals surface area contributed by atoms with Crippen LogP contribution >= 0.6 is 0 Å². The van der Waals surface area contributed by atoms with E-state index in [1.54, 1.807) is 0 Å². The fourth-order valence-corrected chi connectivity index (χ4v) is 4.42. The second kappa shape index (κ2) is 9.59. The van der Waals surface area contributed by atoms with Crippen molar-refractivity contribution < 1.29 is 113 Å². The SMILES string of the molecule is OC(O)C(O)(O)[O][Ti]([O]C(O)(O)C(O)O)([O]C(O)(O)C(O)O)[O]C(O)(O)C(O)O. The van der Waals surface area contributed by atoms with Crippen LogP contribution in [0.15, 0.2) is 0 Å². The summed E-state index contributed by atoms with van der Waals surface area (Å²) in [6.45, 7) is 0. The van der Waals surface area contributed by atoms with Gasteiger partial charge in [-0.25, -0.2) is 0 Å². The number of hydrogen-bond acceptors (Lipinski definition) is 20. The zero-order chi connectivity index (χ0) is 23.6. The Morgan fingerprint density at radius 1 is 0.379 bits per heavy atom. The summed E-state index contributed by atoms with van der Waals surface area (Å²) in [6, 6.07) is 0. The van der Waals surface area contributed by atoms with Crippen molar-refractivity contribution in [2.75, 3.05) is 0 Å². The second-order valence-corrected chi connectivity index (χ2v) is 7.87. The van der Waals surface area contributed by atoms with E-state index in [1.165, 1.54) is 0 Å². The molecule has 16 N–H and O–H groups in total. The Balaban J connectivity index is 6.59. The van der Waals surface area contributed by atoms with Gasteiger partial charge in [-0.2, -0.15) is 0 Å². The van der Waals surface area contributed by atoms with E-state index < -0.39 is 67.2 Å². The molecule has 0 aromatic rings. The Hall–Kier alpha value is -0.0857. The van der Waals surface area contributed by atoms with Gasteiger partial charge in [-0.15, -0.1) is 0 Å². The second-order valence-electron chi connectivity index (χ2n) is 5.04. The van der Waals surface area contributed by atoms with Crippen LogP contribution in [0.5, 0.6) is 0 Å². The first kappa shape index (κ1) is 28.9. The normalized spacial score (nSPS) is 15.3. The van der Waals surface area contributed by atoms with Crippen molar-refractivity contribution in [3.05, 3.63) is 0 Å². The van der Waals surface area contributed by atoms with E-state index in [-0.39, 0.29) is 0 Å². The van der Waals surface area contributed by atoms with Crippen LogP contribution in [0.4, 0.5) is 0 Å². The van der Waals surface area contributed by atoms with E-state index >= 15 is 0 Å². The summed E-state index contributed by atoms with van der Waals surface area (Å²) in [5, 5.41) is 145. The Morgan fingerprint density at radius 3 is 0.621 bits per heavy atom. The summed E-state index contributed by atoms with van der Waals surface area (Å²) in [7, 11) is 0. The molecule has 0 fully saturated rings. The minimum absolute atomic E-state index is 3.47. The number of aliphatic hydroxyl groups is 16. The summed E-state index contributed by atoms with van der Waals surface area (Å²) in [5.41, 5.74) is 0. The number of rotatable bonds is 12. The zero-order valence-corrected chi connectivity index (χ0v) is 15.2. The summed E-state index contributed by atoms with van der Waals surface area (Å²) < 4.78 is 15.4. The van der Waals surface area contributed by atoms with E-state index in [1.807, 2.05) is 0 Å². The third kappa shape index (κ3) is 8.17. The average Bonchev–Trinajstić information content (AvgIpc) is 2.43.